The van der Waals surface area contributed by atoms with Crippen LogP contribution in [0.4, 0.5) is 11.4 Å². The van der Waals surface area contributed by atoms with Gasteiger partial charge in [-0.05, 0) is 6.07 Å². The lowest BCUT2D eigenvalue weighted by atomic mass is 10.2. The van der Waals surface area contributed by atoms with Crippen molar-refractivity contribution in [3.63, 3.8) is 0 Å². The van der Waals surface area contributed by atoms with Crippen molar-refractivity contribution < 1.29 is 4.92 Å². The van der Waals surface area contributed by atoms with Crippen LogP contribution in [0.2, 0.25) is 5.02 Å². The molecule has 4 nitrogen and oxygen atoms in total. The molecule has 0 atom stereocenters. The Kier molecular flexibility index (Phi) is 2.05. The van der Waals surface area contributed by atoms with E-state index in [0.29, 0.717) is 20.8 Å². The van der Waals surface area contributed by atoms with E-state index >= 15 is 0 Å². The highest BCUT2D eigenvalue weighted by molar-refractivity contribution is 7.18. The third-order valence-electron chi connectivity index (χ3n) is 1.88. The van der Waals surface area contributed by atoms with Crippen molar-refractivity contribution in [2.24, 2.45) is 0 Å². The number of rotatable bonds is 1. The number of anilines is 1. The molecule has 0 spiro atoms. The Labute approximate surface area is 88.0 Å². The minimum absolute atomic E-state index is 0.0473. The normalized spacial score (nSPS) is 10.6. The van der Waals surface area contributed by atoms with Crippen LogP contribution in [-0.2, 0) is 0 Å². The van der Waals surface area contributed by atoms with Gasteiger partial charge in [0.2, 0.25) is 0 Å². The van der Waals surface area contributed by atoms with E-state index in [1.54, 1.807) is 5.38 Å². The average molecular weight is 229 g/mol. The first-order valence-electron chi connectivity index (χ1n) is 3.71. The number of halogens is 1. The smallest absolute Gasteiger partial charge is 0.287 e. The number of nitrogen functional groups attached to an aromatic ring is 1. The van der Waals surface area contributed by atoms with Gasteiger partial charge in [0, 0.05) is 16.8 Å². The monoisotopic (exact) mass is 228 g/mol. The lowest BCUT2D eigenvalue weighted by molar-refractivity contribution is -0.382. The summed E-state index contributed by atoms with van der Waals surface area (Å²) in [5.74, 6) is 0. The van der Waals surface area contributed by atoms with E-state index in [1.807, 2.05) is 0 Å². The third-order valence-corrected chi connectivity index (χ3v) is 3.21. The summed E-state index contributed by atoms with van der Waals surface area (Å²) in [4.78, 5) is 10.2. The first-order chi connectivity index (χ1) is 6.61. The number of nitro groups is 1. The summed E-state index contributed by atoms with van der Waals surface area (Å²) in [6, 6.07) is 2.88. The van der Waals surface area contributed by atoms with Gasteiger partial charge in [-0.15, -0.1) is 11.3 Å². The molecule has 2 N–H and O–H groups in total. The summed E-state index contributed by atoms with van der Waals surface area (Å²) in [5.41, 5.74) is 6.18. The average Bonchev–Trinajstić information content (AvgIpc) is 2.49. The van der Waals surface area contributed by atoms with E-state index in [2.05, 4.69) is 0 Å². The van der Waals surface area contributed by atoms with Crippen LogP contribution in [0.5, 0.6) is 0 Å². The summed E-state index contributed by atoms with van der Waals surface area (Å²) < 4.78 is 0.528. The maximum atomic E-state index is 10.7. The first-order valence-corrected chi connectivity index (χ1v) is 4.96. The molecule has 0 radical (unpaired) electrons. The number of hydrogen-bond donors (Lipinski definition) is 1. The largest absolute Gasteiger partial charge is 0.398 e. The highest BCUT2D eigenvalue weighted by atomic mass is 35.5. The van der Waals surface area contributed by atoms with Crippen LogP contribution in [0.1, 0.15) is 0 Å². The van der Waals surface area contributed by atoms with Crippen molar-refractivity contribution in [2.45, 2.75) is 0 Å². The second-order valence-electron chi connectivity index (χ2n) is 2.72. The number of nitro benzene ring substituents is 1. The van der Waals surface area contributed by atoms with Gasteiger partial charge >= 0.3 is 0 Å². The fraction of sp³-hybridized carbons (Fsp3) is 0. The maximum absolute atomic E-state index is 10.7. The van der Waals surface area contributed by atoms with Crippen LogP contribution in [0, 0.1) is 10.1 Å². The lowest BCUT2D eigenvalue weighted by Crippen LogP contribution is -1.88. The van der Waals surface area contributed by atoms with E-state index < -0.39 is 4.92 Å². The molecule has 0 aliphatic rings. The third kappa shape index (κ3) is 1.21. The molecule has 1 aromatic heterocycles. The Hall–Kier alpha value is -1.33. The van der Waals surface area contributed by atoms with Gasteiger partial charge in [0.1, 0.15) is 4.70 Å². The van der Waals surface area contributed by atoms with Crippen molar-refractivity contribution >= 4 is 44.4 Å². The maximum Gasteiger partial charge on any atom is 0.287 e. The van der Waals surface area contributed by atoms with Gasteiger partial charge in [-0.3, -0.25) is 10.1 Å². The number of benzene rings is 1. The Balaban J connectivity index is 2.90. The Morgan fingerprint density at radius 1 is 1.50 bits per heavy atom. The fourth-order valence-electron chi connectivity index (χ4n) is 1.26. The standard InChI is InChI=1S/C8H5ClN2O2S/c9-4-1-2-6(11(12)13)8-7(4)5(10)3-14-8/h1-3H,10H2. The summed E-state index contributed by atoms with van der Waals surface area (Å²) in [5, 5.41) is 13.3. The summed E-state index contributed by atoms with van der Waals surface area (Å²) in [7, 11) is 0. The number of fused-ring (bicyclic) bond motifs is 1. The molecule has 72 valence electrons. The highest BCUT2D eigenvalue weighted by Gasteiger charge is 2.16. The molecule has 0 aliphatic heterocycles. The zero-order chi connectivity index (χ0) is 10.3. The van der Waals surface area contributed by atoms with Crippen LogP contribution >= 0.6 is 22.9 Å². The van der Waals surface area contributed by atoms with Crippen molar-refractivity contribution in [1.82, 2.24) is 0 Å². The Morgan fingerprint density at radius 3 is 2.86 bits per heavy atom. The molecule has 2 aromatic rings. The quantitative estimate of drug-likeness (QED) is 0.602. The predicted molar refractivity (Wildman–Crippen MR) is 57.9 cm³/mol. The molecule has 2 rings (SSSR count). The van der Waals surface area contributed by atoms with Crippen molar-refractivity contribution in [3.8, 4) is 0 Å². The molecule has 0 amide bonds. The molecule has 0 fully saturated rings. The first kappa shape index (κ1) is 9.23. The number of hydrogen-bond acceptors (Lipinski definition) is 4. The molecular formula is C8H5ClN2O2S. The fourth-order valence-corrected chi connectivity index (χ4v) is 2.56. The lowest BCUT2D eigenvalue weighted by Gasteiger charge is -1.96. The topological polar surface area (TPSA) is 69.2 Å². The van der Waals surface area contributed by atoms with Crippen LogP contribution in [0.25, 0.3) is 10.1 Å². The minimum Gasteiger partial charge on any atom is -0.398 e. The summed E-state index contributed by atoms with van der Waals surface area (Å²) in [6.45, 7) is 0. The summed E-state index contributed by atoms with van der Waals surface area (Å²) in [6.07, 6.45) is 0. The van der Waals surface area contributed by atoms with E-state index in [-0.39, 0.29) is 5.69 Å². The molecule has 0 saturated heterocycles. The van der Waals surface area contributed by atoms with Crippen LogP contribution in [0.15, 0.2) is 17.5 Å². The van der Waals surface area contributed by atoms with Gasteiger partial charge in [0.05, 0.1) is 15.6 Å². The zero-order valence-corrected chi connectivity index (χ0v) is 8.43. The van der Waals surface area contributed by atoms with Crippen molar-refractivity contribution in [2.75, 3.05) is 5.73 Å². The van der Waals surface area contributed by atoms with Gasteiger partial charge in [0.15, 0.2) is 0 Å². The number of nitrogens with zero attached hydrogens (tertiary/aromatic N) is 1. The zero-order valence-electron chi connectivity index (χ0n) is 6.86. The predicted octanol–water partition coefficient (Wildman–Crippen LogP) is 3.05. The molecule has 1 heterocycles. The Bertz CT molecular complexity index is 523. The molecule has 0 bridgehead atoms. The van der Waals surface area contributed by atoms with Crippen LogP contribution in [-0.4, -0.2) is 4.92 Å². The molecular weight excluding hydrogens is 224 g/mol. The van der Waals surface area contributed by atoms with Gasteiger partial charge < -0.3 is 5.73 Å². The van der Waals surface area contributed by atoms with E-state index in [9.17, 15) is 10.1 Å². The molecule has 1 aromatic carbocycles. The van der Waals surface area contributed by atoms with E-state index in [0.717, 1.165) is 0 Å². The van der Waals surface area contributed by atoms with Gasteiger partial charge in [0.25, 0.3) is 5.69 Å². The number of non-ortho nitro benzene ring substituents is 1. The Morgan fingerprint density at radius 2 is 2.21 bits per heavy atom. The number of nitrogens with two attached hydrogens (primary N) is 1. The van der Waals surface area contributed by atoms with Crippen LogP contribution < -0.4 is 5.73 Å². The molecule has 14 heavy (non-hydrogen) atoms. The van der Waals surface area contributed by atoms with Gasteiger partial charge in [-0.1, -0.05) is 11.6 Å². The molecule has 0 saturated carbocycles. The second-order valence-corrected chi connectivity index (χ2v) is 4.01. The van der Waals surface area contributed by atoms with Gasteiger partial charge in [-0.2, -0.15) is 0 Å². The van der Waals surface area contributed by atoms with Crippen molar-refractivity contribution in [1.29, 1.82) is 0 Å². The molecule has 0 unspecified atom stereocenters. The van der Waals surface area contributed by atoms with E-state index in [4.69, 9.17) is 17.3 Å². The number of thiophene rings is 1. The molecule has 6 heteroatoms. The van der Waals surface area contributed by atoms with Crippen LogP contribution in [0.3, 0.4) is 0 Å². The molecule has 0 aliphatic carbocycles. The van der Waals surface area contributed by atoms with Gasteiger partial charge in [-0.25, -0.2) is 0 Å². The van der Waals surface area contributed by atoms with Crippen molar-refractivity contribution in [3.05, 3.63) is 32.6 Å². The highest BCUT2D eigenvalue weighted by Crippen LogP contribution is 2.39. The second kappa shape index (κ2) is 3.11. The SMILES string of the molecule is Nc1csc2c([N+](=O)[O-])ccc(Cl)c12. The summed E-state index contributed by atoms with van der Waals surface area (Å²) >= 11 is 7.12. The minimum atomic E-state index is -0.436. The van der Waals surface area contributed by atoms with E-state index in [1.165, 1.54) is 23.5 Å².